The Kier molecular flexibility index (Phi) is 11.6. The lowest BCUT2D eigenvalue weighted by Gasteiger charge is -2.34. The van der Waals surface area contributed by atoms with E-state index in [-0.39, 0.29) is 30.0 Å². The van der Waals surface area contributed by atoms with Crippen molar-refractivity contribution >= 4 is 29.9 Å². The van der Waals surface area contributed by atoms with Gasteiger partial charge in [-0.25, -0.2) is 0 Å². The highest BCUT2D eigenvalue weighted by atomic mass is 127. The zero-order chi connectivity index (χ0) is 21.9. The van der Waals surface area contributed by atoms with Crippen molar-refractivity contribution in [1.82, 2.24) is 25.3 Å². The second kappa shape index (κ2) is 14.2. The summed E-state index contributed by atoms with van der Waals surface area (Å²) in [4.78, 5) is 7.31. The number of aliphatic imine (C=N–C) groups is 1. The Morgan fingerprint density at radius 3 is 2.62 bits per heavy atom. The molecule has 0 amide bonds. The van der Waals surface area contributed by atoms with Crippen molar-refractivity contribution in [3.63, 3.8) is 0 Å². The van der Waals surface area contributed by atoms with Gasteiger partial charge in [-0.05, 0) is 30.7 Å². The Hall–Kier alpha value is -2.05. The highest BCUT2D eigenvalue weighted by Crippen LogP contribution is 2.32. The third-order valence-electron chi connectivity index (χ3n) is 5.24. The number of aromatic nitrogens is 2. The minimum absolute atomic E-state index is 0. The van der Waals surface area contributed by atoms with Crippen LogP contribution in [0, 0.1) is 0 Å². The van der Waals surface area contributed by atoms with Crippen LogP contribution in [0.5, 0.6) is 11.5 Å². The molecule has 0 saturated carbocycles. The van der Waals surface area contributed by atoms with Crippen LogP contribution in [0.4, 0.5) is 0 Å². The first-order valence-electron chi connectivity index (χ1n) is 10.8. The first-order chi connectivity index (χ1) is 15.2. The van der Waals surface area contributed by atoms with Crippen LogP contribution < -0.4 is 20.1 Å². The van der Waals surface area contributed by atoms with Crippen LogP contribution in [0.3, 0.4) is 0 Å². The topological polar surface area (TPSA) is 85.2 Å². The summed E-state index contributed by atoms with van der Waals surface area (Å²) in [6.45, 7) is 8.21. The first-order valence-corrected chi connectivity index (χ1v) is 10.8. The van der Waals surface area contributed by atoms with E-state index < -0.39 is 0 Å². The van der Waals surface area contributed by atoms with E-state index in [1.807, 2.05) is 29.1 Å². The lowest BCUT2D eigenvalue weighted by molar-refractivity contribution is 0.0179. The number of hydrogen-bond donors (Lipinski definition) is 2. The largest absolute Gasteiger partial charge is 0.493 e. The van der Waals surface area contributed by atoms with Gasteiger partial charge in [0.25, 0.3) is 0 Å². The average molecular weight is 558 g/mol. The lowest BCUT2D eigenvalue weighted by Crippen LogP contribution is -2.42. The Morgan fingerprint density at radius 2 is 1.97 bits per heavy atom. The minimum atomic E-state index is 0. The molecule has 0 bridgehead atoms. The molecular weight excluding hydrogens is 523 g/mol. The molecule has 2 N–H and O–H groups in total. The van der Waals surface area contributed by atoms with E-state index in [0.29, 0.717) is 6.54 Å². The zero-order valence-corrected chi connectivity index (χ0v) is 21.5. The Labute approximate surface area is 207 Å². The van der Waals surface area contributed by atoms with Crippen LogP contribution >= 0.6 is 24.0 Å². The monoisotopic (exact) mass is 558 g/mol. The molecule has 2 aromatic rings. The highest BCUT2D eigenvalue weighted by Gasteiger charge is 2.24. The summed E-state index contributed by atoms with van der Waals surface area (Å²) in [5.41, 5.74) is 1.15. The van der Waals surface area contributed by atoms with Gasteiger partial charge in [-0.1, -0.05) is 6.07 Å². The molecule has 1 unspecified atom stereocenters. The molecule has 0 radical (unpaired) electrons. The summed E-state index contributed by atoms with van der Waals surface area (Å²) in [7, 11) is 3.31. The lowest BCUT2D eigenvalue weighted by atomic mass is 10.0. The van der Waals surface area contributed by atoms with E-state index in [0.717, 1.165) is 69.0 Å². The standard InChI is InChI=1S/C22H34N6O3.HI/c1-4-23-22(24-9-11-28-10-5-8-26-28)25-17-19(27-12-14-31-15-13-27)18-6-7-20(29-2)21(16-18)30-3;/h5-8,10,16,19H,4,9,11-15,17H2,1-3H3,(H2,23,24,25);1H. The van der Waals surface area contributed by atoms with Gasteiger partial charge in [-0.3, -0.25) is 14.6 Å². The van der Waals surface area contributed by atoms with Crippen molar-refractivity contribution in [3.05, 3.63) is 42.2 Å². The summed E-state index contributed by atoms with van der Waals surface area (Å²) in [6, 6.07) is 8.14. The van der Waals surface area contributed by atoms with Gasteiger partial charge in [0.2, 0.25) is 0 Å². The van der Waals surface area contributed by atoms with E-state index in [4.69, 9.17) is 19.2 Å². The van der Waals surface area contributed by atoms with Crippen LogP contribution in [0.2, 0.25) is 0 Å². The van der Waals surface area contributed by atoms with Gasteiger partial charge >= 0.3 is 0 Å². The maximum Gasteiger partial charge on any atom is 0.191 e. The number of ether oxygens (including phenoxy) is 3. The van der Waals surface area contributed by atoms with Crippen molar-refractivity contribution in [2.75, 3.05) is 60.2 Å². The molecule has 10 heteroatoms. The zero-order valence-electron chi connectivity index (χ0n) is 19.1. The number of benzene rings is 1. The molecule has 0 aliphatic carbocycles. The molecular formula is C22H35IN6O3. The number of morpholine rings is 1. The summed E-state index contributed by atoms with van der Waals surface area (Å²) in [5.74, 6) is 2.25. The van der Waals surface area contributed by atoms with Gasteiger partial charge in [0.15, 0.2) is 17.5 Å². The van der Waals surface area contributed by atoms with Crippen LogP contribution in [-0.2, 0) is 11.3 Å². The SMILES string of the molecule is CCNC(=NCC(c1ccc(OC)c(OC)c1)N1CCOCC1)NCCn1cccn1.I. The van der Waals surface area contributed by atoms with Crippen molar-refractivity contribution < 1.29 is 14.2 Å². The van der Waals surface area contributed by atoms with Crippen LogP contribution in [-0.4, -0.2) is 80.8 Å². The van der Waals surface area contributed by atoms with Crippen LogP contribution in [0.15, 0.2) is 41.7 Å². The molecule has 1 fully saturated rings. The van der Waals surface area contributed by atoms with Gasteiger partial charge in [0.1, 0.15) is 0 Å². The van der Waals surface area contributed by atoms with Gasteiger partial charge in [0, 0.05) is 38.6 Å². The molecule has 1 aliphatic heterocycles. The molecule has 1 atom stereocenters. The summed E-state index contributed by atoms with van der Waals surface area (Å²) in [6.07, 6.45) is 3.74. The third-order valence-corrected chi connectivity index (χ3v) is 5.24. The van der Waals surface area contributed by atoms with E-state index in [1.54, 1.807) is 20.4 Å². The molecule has 32 heavy (non-hydrogen) atoms. The number of rotatable bonds is 10. The maximum absolute atomic E-state index is 5.56. The number of guanidine groups is 1. The summed E-state index contributed by atoms with van der Waals surface area (Å²) < 4.78 is 18.4. The number of nitrogens with zero attached hydrogens (tertiary/aromatic N) is 4. The quantitative estimate of drug-likeness (QED) is 0.263. The van der Waals surface area contributed by atoms with Gasteiger partial charge in [-0.15, -0.1) is 24.0 Å². The summed E-state index contributed by atoms with van der Waals surface area (Å²) >= 11 is 0. The predicted molar refractivity (Wildman–Crippen MR) is 136 cm³/mol. The number of hydrogen-bond acceptors (Lipinski definition) is 6. The molecule has 1 aliphatic rings. The first kappa shape index (κ1) is 26.2. The molecule has 0 spiro atoms. The number of methoxy groups -OCH3 is 2. The minimum Gasteiger partial charge on any atom is -0.493 e. The van der Waals surface area contributed by atoms with Gasteiger partial charge < -0.3 is 24.8 Å². The van der Waals surface area contributed by atoms with E-state index in [1.165, 1.54) is 0 Å². The normalized spacial score (nSPS) is 15.5. The van der Waals surface area contributed by atoms with Gasteiger partial charge in [-0.2, -0.15) is 5.10 Å². The molecule has 3 rings (SSSR count). The number of halogens is 1. The molecule has 2 heterocycles. The Balaban J connectivity index is 0.00000363. The second-order valence-corrected chi connectivity index (χ2v) is 7.19. The Bertz CT molecular complexity index is 812. The van der Waals surface area contributed by atoms with E-state index in [2.05, 4.69) is 33.6 Å². The van der Waals surface area contributed by atoms with E-state index in [9.17, 15) is 0 Å². The highest BCUT2D eigenvalue weighted by molar-refractivity contribution is 14.0. The van der Waals surface area contributed by atoms with Crippen molar-refractivity contribution in [2.45, 2.75) is 19.5 Å². The molecule has 1 aromatic carbocycles. The third kappa shape index (κ3) is 7.52. The van der Waals surface area contributed by atoms with Crippen molar-refractivity contribution in [1.29, 1.82) is 0 Å². The van der Waals surface area contributed by atoms with E-state index >= 15 is 0 Å². The van der Waals surface area contributed by atoms with Crippen LogP contribution in [0.1, 0.15) is 18.5 Å². The molecule has 1 aromatic heterocycles. The smallest absolute Gasteiger partial charge is 0.191 e. The number of nitrogens with one attached hydrogen (secondary N) is 2. The molecule has 1 saturated heterocycles. The molecule has 9 nitrogen and oxygen atoms in total. The summed E-state index contributed by atoms with van der Waals surface area (Å²) in [5, 5.41) is 11.0. The maximum atomic E-state index is 5.56. The fourth-order valence-electron chi connectivity index (χ4n) is 3.62. The van der Waals surface area contributed by atoms with Crippen molar-refractivity contribution in [2.24, 2.45) is 4.99 Å². The van der Waals surface area contributed by atoms with Crippen molar-refractivity contribution in [3.8, 4) is 11.5 Å². The van der Waals surface area contributed by atoms with Gasteiger partial charge in [0.05, 0.1) is 46.6 Å². The van der Waals surface area contributed by atoms with Crippen LogP contribution in [0.25, 0.3) is 0 Å². The Morgan fingerprint density at radius 1 is 1.19 bits per heavy atom. The molecule has 178 valence electrons. The fraction of sp³-hybridized carbons (Fsp3) is 0.545. The average Bonchev–Trinajstić information content (AvgIpc) is 3.33. The predicted octanol–water partition coefficient (Wildman–Crippen LogP) is 2.15. The second-order valence-electron chi connectivity index (χ2n) is 7.19. The fourth-order valence-corrected chi connectivity index (χ4v) is 3.62.